The number of aliphatic hydroxyl groups excluding tert-OH is 1. The van der Waals surface area contributed by atoms with Gasteiger partial charge in [-0.25, -0.2) is 4.98 Å². The van der Waals surface area contributed by atoms with E-state index in [1.54, 1.807) is 0 Å². The fourth-order valence-electron chi connectivity index (χ4n) is 0.745. The van der Waals surface area contributed by atoms with Gasteiger partial charge in [0.05, 0.1) is 19.8 Å². The Morgan fingerprint density at radius 2 is 2.38 bits per heavy atom. The van der Waals surface area contributed by atoms with Gasteiger partial charge in [0.25, 0.3) is 0 Å². The van der Waals surface area contributed by atoms with E-state index < -0.39 is 0 Å². The van der Waals surface area contributed by atoms with Crippen LogP contribution in [0.4, 0.5) is 0 Å². The van der Waals surface area contributed by atoms with Crippen LogP contribution in [0.1, 0.15) is 5.82 Å². The van der Waals surface area contributed by atoms with Crippen LogP contribution in [0.3, 0.4) is 0 Å². The van der Waals surface area contributed by atoms with Crippen LogP contribution in [0, 0.1) is 6.92 Å². The lowest BCUT2D eigenvalue weighted by Crippen LogP contribution is -2.02. The summed E-state index contributed by atoms with van der Waals surface area (Å²) >= 11 is 1.53. The molecular formula is C7H13N3O2S. The average Bonchev–Trinajstić information content (AvgIpc) is 2.51. The van der Waals surface area contributed by atoms with Gasteiger partial charge >= 0.3 is 0 Å². The van der Waals surface area contributed by atoms with Crippen molar-refractivity contribution in [3.8, 4) is 0 Å². The summed E-state index contributed by atoms with van der Waals surface area (Å²) in [6.07, 6.45) is 0. The number of nitrogens with zero attached hydrogens (tertiary/aromatic N) is 2. The number of aliphatic hydroxyl groups is 1. The van der Waals surface area contributed by atoms with Crippen molar-refractivity contribution in [3.05, 3.63) is 5.82 Å². The number of aromatic nitrogens is 3. The molecule has 1 aromatic rings. The van der Waals surface area contributed by atoms with Gasteiger partial charge in [-0.1, -0.05) is 11.8 Å². The molecule has 5 nitrogen and oxygen atoms in total. The zero-order valence-corrected chi connectivity index (χ0v) is 8.30. The Labute approximate surface area is 80.9 Å². The Morgan fingerprint density at radius 1 is 1.54 bits per heavy atom. The topological polar surface area (TPSA) is 71.0 Å². The van der Waals surface area contributed by atoms with E-state index in [1.165, 1.54) is 11.8 Å². The minimum Gasteiger partial charge on any atom is -0.394 e. The van der Waals surface area contributed by atoms with Gasteiger partial charge in [-0.3, -0.25) is 5.10 Å². The Bertz CT molecular complexity index is 241. The van der Waals surface area contributed by atoms with Gasteiger partial charge < -0.3 is 9.84 Å². The van der Waals surface area contributed by atoms with Crippen LogP contribution in [-0.2, 0) is 4.74 Å². The maximum atomic E-state index is 8.42. The predicted octanol–water partition coefficient (Wildman–Crippen LogP) is 0.214. The van der Waals surface area contributed by atoms with Crippen LogP contribution in [0.25, 0.3) is 0 Å². The molecule has 0 spiro atoms. The summed E-state index contributed by atoms with van der Waals surface area (Å²) in [5, 5.41) is 15.9. The van der Waals surface area contributed by atoms with E-state index in [9.17, 15) is 0 Å². The highest BCUT2D eigenvalue weighted by Gasteiger charge is 1.99. The molecule has 1 heterocycles. The van der Waals surface area contributed by atoms with Crippen molar-refractivity contribution in [1.29, 1.82) is 0 Å². The van der Waals surface area contributed by atoms with Crippen LogP contribution >= 0.6 is 11.8 Å². The van der Waals surface area contributed by atoms with E-state index in [2.05, 4.69) is 15.2 Å². The third kappa shape index (κ3) is 4.25. The molecule has 0 aliphatic heterocycles. The molecule has 0 bridgehead atoms. The number of H-pyrrole nitrogens is 1. The largest absolute Gasteiger partial charge is 0.394 e. The number of thioether (sulfide) groups is 1. The normalized spacial score (nSPS) is 10.6. The van der Waals surface area contributed by atoms with Gasteiger partial charge in [0.2, 0.25) is 5.16 Å². The average molecular weight is 203 g/mol. The number of rotatable bonds is 6. The Kier molecular flexibility index (Phi) is 4.81. The van der Waals surface area contributed by atoms with Gasteiger partial charge in [0, 0.05) is 5.75 Å². The number of aromatic amines is 1. The smallest absolute Gasteiger partial charge is 0.208 e. The van der Waals surface area contributed by atoms with Gasteiger partial charge in [0.1, 0.15) is 5.82 Å². The lowest BCUT2D eigenvalue weighted by molar-refractivity contribution is 0.103. The molecule has 1 rings (SSSR count). The Balaban J connectivity index is 2.06. The third-order valence-electron chi connectivity index (χ3n) is 1.27. The number of aryl methyl sites for hydroxylation is 1. The second kappa shape index (κ2) is 5.95. The standard InChI is InChI=1S/C7H13N3O2S/c1-6-8-7(10-9-6)13-5-4-12-3-2-11/h11H,2-5H2,1H3,(H,8,9,10). The SMILES string of the molecule is Cc1nc(SCCOCCO)n[nH]1. The summed E-state index contributed by atoms with van der Waals surface area (Å²) < 4.78 is 5.07. The molecule has 0 fully saturated rings. The molecule has 6 heteroatoms. The molecule has 0 atom stereocenters. The highest BCUT2D eigenvalue weighted by Crippen LogP contribution is 2.10. The first-order valence-electron chi connectivity index (χ1n) is 4.03. The molecule has 0 unspecified atom stereocenters. The fraction of sp³-hybridized carbons (Fsp3) is 0.714. The number of hydrogen-bond donors (Lipinski definition) is 2. The van der Waals surface area contributed by atoms with E-state index in [1.807, 2.05) is 6.92 Å². The van der Waals surface area contributed by atoms with Crippen molar-refractivity contribution >= 4 is 11.8 Å². The predicted molar refractivity (Wildman–Crippen MR) is 49.7 cm³/mol. The molecule has 0 amide bonds. The van der Waals surface area contributed by atoms with E-state index in [4.69, 9.17) is 9.84 Å². The Morgan fingerprint density at radius 3 is 3.00 bits per heavy atom. The molecule has 0 saturated heterocycles. The molecule has 13 heavy (non-hydrogen) atoms. The quantitative estimate of drug-likeness (QED) is 0.511. The van der Waals surface area contributed by atoms with Crippen LogP contribution < -0.4 is 0 Å². The fourth-order valence-corrected chi connectivity index (χ4v) is 1.44. The lowest BCUT2D eigenvalue weighted by Gasteiger charge is -1.98. The first-order chi connectivity index (χ1) is 6.33. The summed E-state index contributed by atoms with van der Waals surface area (Å²) in [6.45, 7) is 2.94. The minimum atomic E-state index is 0.0738. The van der Waals surface area contributed by atoms with Crippen LogP contribution in [-0.4, -0.2) is 45.9 Å². The highest BCUT2D eigenvalue weighted by molar-refractivity contribution is 7.99. The molecule has 0 aromatic carbocycles. The maximum Gasteiger partial charge on any atom is 0.208 e. The van der Waals surface area contributed by atoms with Crippen molar-refractivity contribution in [3.63, 3.8) is 0 Å². The first kappa shape index (κ1) is 10.5. The van der Waals surface area contributed by atoms with Crippen molar-refractivity contribution in [1.82, 2.24) is 15.2 Å². The zero-order valence-electron chi connectivity index (χ0n) is 7.49. The van der Waals surface area contributed by atoms with Crippen LogP contribution in [0.2, 0.25) is 0 Å². The number of ether oxygens (including phenoxy) is 1. The van der Waals surface area contributed by atoms with Gasteiger partial charge in [0.15, 0.2) is 0 Å². The summed E-state index contributed by atoms with van der Waals surface area (Å²) in [7, 11) is 0. The van der Waals surface area contributed by atoms with Gasteiger partial charge in [-0.05, 0) is 6.92 Å². The number of hydrogen-bond acceptors (Lipinski definition) is 5. The van der Waals surface area contributed by atoms with E-state index in [-0.39, 0.29) is 6.61 Å². The van der Waals surface area contributed by atoms with E-state index in [0.29, 0.717) is 13.2 Å². The molecule has 0 radical (unpaired) electrons. The van der Waals surface area contributed by atoms with Gasteiger partial charge in [-0.15, -0.1) is 5.10 Å². The van der Waals surface area contributed by atoms with Crippen LogP contribution in [0.15, 0.2) is 5.16 Å². The van der Waals surface area contributed by atoms with Crippen molar-refractivity contribution in [2.24, 2.45) is 0 Å². The molecule has 0 saturated carbocycles. The second-order valence-electron chi connectivity index (χ2n) is 2.39. The summed E-state index contributed by atoms with van der Waals surface area (Å²) in [5.41, 5.74) is 0. The summed E-state index contributed by atoms with van der Waals surface area (Å²) in [4.78, 5) is 4.12. The minimum absolute atomic E-state index is 0.0738. The first-order valence-corrected chi connectivity index (χ1v) is 5.02. The second-order valence-corrected chi connectivity index (χ2v) is 3.45. The Hall–Kier alpha value is -0.590. The number of nitrogens with one attached hydrogen (secondary N) is 1. The van der Waals surface area contributed by atoms with E-state index >= 15 is 0 Å². The zero-order chi connectivity index (χ0) is 9.52. The molecular weight excluding hydrogens is 190 g/mol. The van der Waals surface area contributed by atoms with Crippen molar-refractivity contribution in [2.45, 2.75) is 12.1 Å². The molecule has 0 aliphatic rings. The van der Waals surface area contributed by atoms with E-state index in [0.717, 1.165) is 16.7 Å². The van der Waals surface area contributed by atoms with Gasteiger partial charge in [-0.2, -0.15) is 0 Å². The maximum absolute atomic E-state index is 8.42. The van der Waals surface area contributed by atoms with Crippen molar-refractivity contribution in [2.75, 3.05) is 25.6 Å². The lowest BCUT2D eigenvalue weighted by atomic mass is 10.7. The monoisotopic (exact) mass is 203 g/mol. The van der Waals surface area contributed by atoms with Crippen LogP contribution in [0.5, 0.6) is 0 Å². The molecule has 0 aliphatic carbocycles. The molecule has 2 N–H and O–H groups in total. The summed E-state index contributed by atoms with van der Waals surface area (Å²) in [5.74, 6) is 1.62. The molecule has 74 valence electrons. The van der Waals surface area contributed by atoms with Crippen molar-refractivity contribution < 1.29 is 9.84 Å². The molecule has 1 aromatic heterocycles. The highest BCUT2D eigenvalue weighted by atomic mass is 32.2. The summed E-state index contributed by atoms with van der Waals surface area (Å²) in [6, 6.07) is 0. The third-order valence-corrected chi connectivity index (χ3v) is 2.08.